The molecular formula is C22H18F3N7O2S. The van der Waals surface area contributed by atoms with Crippen molar-refractivity contribution in [3.05, 3.63) is 60.3 Å². The molecule has 0 aromatic carbocycles. The molecule has 0 radical (unpaired) electrons. The highest BCUT2D eigenvalue weighted by molar-refractivity contribution is 7.89. The molecule has 0 aliphatic rings. The summed E-state index contributed by atoms with van der Waals surface area (Å²) in [5, 5.41) is 9.84. The molecule has 0 spiro atoms. The Bertz CT molecular complexity index is 1550. The third-order valence-corrected chi connectivity index (χ3v) is 6.50. The Kier molecular flexibility index (Phi) is 5.82. The van der Waals surface area contributed by atoms with Gasteiger partial charge in [0.15, 0.2) is 5.82 Å². The molecule has 0 unspecified atom stereocenters. The second-order valence-corrected chi connectivity index (χ2v) is 10.2. The van der Waals surface area contributed by atoms with Gasteiger partial charge in [0.2, 0.25) is 10.0 Å². The van der Waals surface area contributed by atoms with E-state index in [1.807, 2.05) is 6.07 Å². The van der Waals surface area contributed by atoms with Crippen molar-refractivity contribution in [2.45, 2.75) is 37.4 Å². The Hall–Kier alpha value is -3.89. The van der Waals surface area contributed by atoms with Gasteiger partial charge in [-0.1, -0.05) is 0 Å². The zero-order chi connectivity index (χ0) is 25.6. The van der Waals surface area contributed by atoms with Crippen molar-refractivity contribution >= 4 is 21.1 Å². The van der Waals surface area contributed by atoms with Crippen LogP contribution < -0.4 is 4.72 Å². The molecule has 0 bridgehead atoms. The number of hydrogen-bond acceptors (Lipinski definition) is 7. The minimum Gasteiger partial charge on any atom is -0.274 e. The van der Waals surface area contributed by atoms with Gasteiger partial charge in [-0.05, 0) is 39.0 Å². The molecule has 9 nitrogen and oxygen atoms in total. The molecule has 0 amide bonds. The minimum absolute atomic E-state index is 0.0398. The SMILES string of the molecule is CC(C)(C)NS(=O)(=O)c1ccc(-c2c(C#N)c3cc(C(F)(F)F)cnc3n2-c2cnccn2)nc1. The van der Waals surface area contributed by atoms with Crippen LogP contribution in [0.5, 0.6) is 0 Å². The molecule has 4 rings (SSSR count). The van der Waals surface area contributed by atoms with Crippen LogP contribution in [0.25, 0.3) is 28.2 Å². The van der Waals surface area contributed by atoms with E-state index in [9.17, 15) is 26.9 Å². The maximum Gasteiger partial charge on any atom is 0.417 e. The second-order valence-electron chi connectivity index (χ2n) is 8.56. The fourth-order valence-corrected chi connectivity index (χ4v) is 4.81. The molecule has 0 aliphatic heterocycles. The molecule has 4 heterocycles. The number of nitrogens with zero attached hydrogens (tertiary/aromatic N) is 6. The molecule has 1 N–H and O–H groups in total. The molecule has 4 aromatic rings. The van der Waals surface area contributed by atoms with Gasteiger partial charge < -0.3 is 0 Å². The molecular weight excluding hydrogens is 483 g/mol. The summed E-state index contributed by atoms with van der Waals surface area (Å²) in [6, 6.07) is 5.43. The van der Waals surface area contributed by atoms with Crippen molar-refractivity contribution in [1.29, 1.82) is 5.26 Å². The first kappa shape index (κ1) is 24.2. The predicted molar refractivity (Wildman–Crippen MR) is 120 cm³/mol. The minimum atomic E-state index is -4.67. The molecule has 0 saturated carbocycles. The highest BCUT2D eigenvalue weighted by atomic mass is 32.2. The number of nitriles is 1. The maximum absolute atomic E-state index is 13.4. The van der Waals surface area contributed by atoms with E-state index in [1.165, 1.54) is 35.3 Å². The zero-order valence-corrected chi connectivity index (χ0v) is 19.5. The third-order valence-electron chi connectivity index (χ3n) is 4.76. The van der Waals surface area contributed by atoms with Gasteiger partial charge in [0.05, 0.1) is 28.7 Å². The van der Waals surface area contributed by atoms with E-state index in [2.05, 4.69) is 24.7 Å². The van der Waals surface area contributed by atoms with Crippen molar-refractivity contribution in [1.82, 2.24) is 29.2 Å². The van der Waals surface area contributed by atoms with Crippen LogP contribution in [0.2, 0.25) is 0 Å². The summed E-state index contributed by atoms with van der Waals surface area (Å²) in [7, 11) is -3.89. The number of pyridine rings is 2. The topological polar surface area (TPSA) is 126 Å². The van der Waals surface area contributed by atoms with Crippen LogP contribution >= 0.6 is 0 Å². The standard InChI is InChI=1S/C22H18F3N7O2S/c1-21(2,3)31-35(33,34)14-4-5-17(29-11-14)19-16(9-26)15-8-13(22(23,24)25)10-30-20(15)32(19)18-12-27-6-7-28-18/h4-8,10-12,31H,1-3H3. The number of aromatic nitrogens is 5. The average molecular weight is 501 g/mol. The Morgan fingerprint density at radius 3 is 2.31 bits per heavy atom. The summed E-state index contributed by atoms with van der Waals surface area (Å²) in [4.78, 5) is 16.3. The molecule has 4 aromatic heterocycles. The lowest BCUT2D eigenvalue weighted by molar-refractivity contribution is -0.137. The van der Waals surface area contributed by atoms with Crippen LogP contribution in [0, 0.1) is 11.3 Å². The van der Waals surface area contributed by atoms with Crippen molar-refractivity contribution in [3.63, 3.8) is 0 Å². The Balaban J connectivity index is 1.97. The smallest absolute Gasteiger partial charge is 0.274 e. The summed E-state index contributed by atoms with van der Waals surface area (Å²) < 4.78 is 69.2. The Morgan fingerprint density at radius 2 is 1.77 bits per heavy atom. The van der Waals surface area contributed by atoms with Crippen LogP contribution in [-0.2, 0) is 16.2 Å². The van der Waals surface area contributed by atoms with E-state index < -0.39 is 27.3 Å². The van der Waals surface area contributed by atoms with Crippen LogP contribution in [0.15, 0.2) is 54.1 Å². The number of fused-ring (bicyclic) bond motifs is 1. The first-order valence-electron chi connectivity index (χ1n) is 10.1. The van der Waals surface area contributed by atoms with Crippen molar-refractivity contribution < 1.29 is 21.6 Å². The Morgan fingerprint density at radius 1 is 1.03 bits per heavy atom. The van der Waals surface area contributed by atoms with E-state index in [4.69, 9.17) is 0 Å². The fraction of sp³-hybridized carbons (Fsp3) is 0.227. The van der Waals surface area contributed by atoms with Gasteiger partial charge in [-0.25, -0.2) is 23.1 Å². The number of hydrogen-bond donors (Lipinski definition) is 1. The van der Waals surface area contributed by atoms with Crippen LogP contribution in [-0.4, -0.2) is 38.5 Å². The summed E-state index contributed by atoms with van der Waals surface area (Å²) in [5.41, 5.74) is -1.60. The quantitative estimate of drug-likeness (QED) is 0.450. The van der Waals surface area contributed by atoms with Gasteiger partial charge >= 0.3 is 6.18 Å². The Labute approximate surface area is 198 Å². The molecule has 0 atom stereocenters. The summed E-state index contributed by atoms with van der Waals surface area (Å²) in [5.74, 6) is 0.189. The number of sulfonamides is 1. The van der Waals surface area contributed by atoms with E-state index in [0.29, 0.717) is 6.20 Å². The van der Waals surface area contributed by atoms with E-state index in [1.54, 1.807) is 20.8 Å². The predicted octanol–water partition coefficient (Wildman–Crippen LogP) is 3.84. The van der Waals surface area contributed by atoms with Gasteiger partial charge in [0, 0.05) is 35.7 Å². The third kappa shape index (κ3) is 4.71. The lowest BCUT2D eigenvalue weighted by Gasteiger charge is -2.20. The lowest BCUT2D eigenvalue weighted by atomic mass is 10.1. The van der Waals surface area contributed by atoms with Gasteiger partial charge in [-0.3, -0.25) is 14.5 Å². The van der Waals surface area contributed by atoms with Crippen LogP contribution in [0.3, 0.4) is 0 Å². The van der Waals surface area contributed by atoms with Crippen molar-refractivity contribution in [2.75, 3.05) is 0 Å². The first-order chi connectivity index (χ1) is 16.3. The first-order valence-corrected chi connectivity index (χ1v) is 11.6. The summed E-state index contributed by atoms with van der Waals surface area (Å²) >= 11 is 0. The number of halogens is 3. The normalized spacial score (nSPS) is 12.6. The maximum atomic E-state index is 13.4. The molecule has 13 heteroatoms. The largest absolute Gasteiger partial charge is 0.417 e. The molecule has 0 saturated heterocycles. The van der Waals surface area contributed by atoms with Gasteiger partial charge in [-0.2, -0.15) is 18.4 Å². The number of alkyl halides is 3. The van der Waals surface area contributed by atoms with E-state index in [0.717, 1.165) is 12.3 Å². The highest BCUT2D eigenvalue weighted by Gasteiger charge is 2.33. The zero-order valence-electron chi connectivity index (χ0n) is 18.7. The van der Waals surface area contributed by atoms with Gasteiger partial charge in [-0.15, -0.1) is 0 Å². The van der Waals surface area contributed by atoms with Crippen molar-refractivity contribution in [3.8, 4) is 23.3 Å². The average Bonchev–Trinajstić information content (AvgIpc) is 3.11. The monoisotopic (exact) mass is 501 g/mol. The van der Waals surface area contributed by atoms with Crippen LogP contribution in [0.1, 0.15) is 31.9 Å². The van der Waals surface area contributed by atoms with Gasteiger partial charge in [0.1, 0.15) is 16.6 Å². The van der Waals surface area contributed by atoms with E-state index in [-0.39, 0.29) is 38.7 Å². The number of rotatable bonds is 4. The number of nitrogens with one attached hydrogen (secondary N) is 1. The lowest BCUT2D eigenvalue weighted by Crippen LogP contribution is -2.40. The molecule has 35 heavy (non-hydrogen) atoms. The fourth-order valence-electron chi connectivity index (χ4n) is 3.45. The van der Waals surface area contributed by atoms with E-state index >= 15 is 0 Å². The van der Waals surface area contributed by atoms with Gasteiger partial charge in [0.25, 0.3) is 0 Å². The van der Waals surface area contributed by atoms with Crippen LogP contribution in [0.4, 0.5) is 13.2 Å². The second kappa shape index (κ2) is 8.40. The highest BCUT2D eigenvalue weighted by Crippen LogP contribution is 2.37. The summed E-state index contributed by atoms with van der Waals surface area (Å²) in [6.45, 7) is 5.06. The van der Waals surface area contributed by atoms with Crippen molar-refractivity contribution in [2.24, 2.45) is 0 Å². The molecule has 180 valence electrons. The molecule has 0 aliphatic carbocycles. The molecule has 0 fully saturated rings. The summed E-state index contributed by atoms with van der Waals surface area (Å²) in [6.07, 6.45) is 1.25.